The Morgan fingerprint density at radius 3 is 2.08 bits per heavy atom. The van der Waals surface area contributed by atoms with E-state index in [9.17, 15) is 0 Å². The summed E-state index contributed by atoms with van der Waals surface area (Å²) in [6, 6.07) is 36.0. The predicted molar refractivity (Wildman–Crippen MR) is 155 cm³/mol. The highest BCUT2D eigenvalue weighted by molar-refractivity contribution is 9.10. The third-order valence-electron chi connectivity index (χ3n) is 8.04. The van der Waals surface area contributed by atoms with Crippen molar-refractivity contribution in [1.82, 2.24) is 0 Å². The van der Waals surface area contributed by atoms with Gasteiger partial charge in [-0.05, 0) is 58.0 Å². The van der Waals surface area contributed by atoms with Crippen LogP contribution in [0.25, 0.3) is 32.7 Å². The molecule has 4 heteroatoms. The first kappa shape index (κ1) is 20.9. The SMILES string of the molecule is Nc1ccc2c(c1)C1(c3cc(Br)ccc3-2)c2ccc3ccccc3c2Oc2c1cc(N)c1ccccc21. The van der Waals surface area contributed by atoms with Gasteiger partial charge in [0.2, 0.25) is 0 Å². The fourth-order valence-corrected chi connectivity index (χ4v) is 6.92. The molecule has 1 unspecified atom stereocenters. The monoisotopic (exact) mass is 540 g/mol. The molecule has 1 aliphatic heterocycles. The molecule has 8 rings (SSSR count). The zero-order valence-corrected chi connectivity index (χ0v) is 21.3. The van der Waals surface area contributed by atoms with E-state index in [1.807, 2.05) is 18.2 Å². The van der Waals surface area contributed by atoms with E-state index in [0.29, 0.717) is 0 Å². The maximum absolute atomic E-state index is 6.94. The average Bonchev–Trinajstić information content (AvgIpc) is 3.19. The fraction of sp³-hybridized carbons (Fsp3) is 0.0303. The van der Waals surface area contributed by atoms with Crippen molar-refractivity contribution in [3.05, 3.63) is 130 Å². The van der Waals surface area contributed by atoms with Gasteiger partial charge in [-0.15, -0.1) is 0 Å². The van der Waals surface area contributed by atoms with Gasteiger partial charge < -0.3 is 16.2 Å². The van der Waals surface area contributed by atoms with Crippen molar-refractivity contribution in [2.45, 2.75) is 5.41 Å². The Morgan fingerprint density at radius 2 is 1.24 bits per heavy atom. The minimum atomic E-state index is -0.644. The molecule has 0 saturated heterocycles. The van der Waals surface area contributed by atoms with Gasteiger partial charge in [-0.1, -0.05) is 88.7 Å². The lowest BCUT2D eigenvalue weighted by atomic mass is 9.65. The molecule has 6 aromatic carbocycles. The van der Waals surface area contributed by atoms with Gasteiger partial charge >= 0.3 is 0 Å². The summed E-state index contributed by atoms with van der Waals surface area (Å²) in [5, 5.41) is 4.21. The van der Waals surface area contributed by atoms with Crippen LogP contribution >= 0.6 is 15.9 Å². The molecule has 1 heterocycles. The lowest BCUT2D eigenvalue weighted by molar-refractivity contribution is 0.447. The molecule has 6 aromatic rings. The van der Waals surface area contributed by atoms with E-state index < -0.39 is 5.41 Å². The molecule has 1 aliphatic carbocycles. The topological polar surface area (TPSA) is 61.3 Å². The van der Waals surface area contributed by atoms with Crippen molar-refractivity contribution in [2.24, 2.45) is 0 Å². The number of anilines is 2. The van der Waals surface area contributed by atoms with Crippen molar-refractivity contribution >= 4 is 48.8 Å². The van der Waals surface area contributed by atoms with Crippen LogP contribution in [0.3, 0.4) is 0 Å². The second-order valence-corrected chi connectivity index (χ2v) is 10.8. The van der Waals surface area contributed by atoms with Crippen LogP contribution in [-0.2, 0) is 5.41 Å². The Labute approximate surface area is 222 Å². The number of fused-ring (bicyclic) bond motifs is 13. The van der Waals surface area contributed by atoms with Crippen LogP contribution in [0.2, 0.25) is 0 Å². The van der Waals surface area contributed by atoms with E-state index in [1.54, 1.807) is 0 Å². The molecule has 0 fully saturated rings. The number of nitrogens with two attached hydrogens (primary N) is 2. The maximum Gasteiger partial charge on any atom is 0.140 e. The fourth-order valence-electron chi connectivity index (χ4n) is 6.55. The second-order valence-electron chi connectivity index (χ2n) is 9.90. The molecule has 37 heavy (non-hydrogen) atoms. The van der Waals surface area contributed by atoms with E-state index in [2.05, 4.69) is 101 Å². The quantitative estimate of drug-likeness (QED) is 0.190. The minimum Gasteiger partial charge on any atom is -0.455 e. The summed E-state index contributed by atoms with van der Waals surface area (Å²) in [6.07, 6.45) is 0. The van der Waals surface area contributed by atoms with E-state index in [4.69, 9.17) is 16.2 Å². The number of halogens is 1. The molecule has 0 radical (unpaired) electrons. The molecule has 0 aromatic heterocycles. The van der Waals surface area contributed by atoms with Crippen molar-refractivity contribution in [1.29, 1.82) is 0 Å². The van der Waals surface area contributed by atoms with Crippen molar-refractivity contribution in [3.8, 4) is 22.6 Å². The van der Waals surface area contributed by atoms with Gasteiger partial charge in [-0.25, -0.2) is 0 Å². The van der Waals surface area contributed by atoms with Crippen LogP contribution < -0.4 is 16.2 Å². The van der Waals surface area contributed by atoms with Gasteiger partial charge in [0.1, 0.15) is 11.5 Å². The number of ether oxygens (including phenoxy) is 1. The number of rotatable bonds is 0. The third-order valence-corrected chi connectivity index (χ3v) is 8.54. The largest absolute Gasteiger partial charge is 0.455 e. The predicted octanol–water partition coefficient (Wildman–Crippen LogP) is 8.39. The molecule has 2 aliphatic rings. The first-order chi connectivity index (χ1) is 18.1. The maximum atomic E-state index is 6.94. The summed E-state index contributed by atoms with van der Waals surface area (Å²) < 4.78 is 7.96. The smallest absolute Gasteiger partial charge is 0.140 e. The summed E-state index contributed by atoms with van der Waals surface area (Å²) >= 11 is 3.77. The Balaban J connectivity index is 1.65. The van der Waals surface area contributed by atoms with Crippen LogP contribution in [0.5, 0.6) is 11.5 Å². The highest BCUT2D eigenvalue weighted by atomic mass is 79.9. The van der Waals surface area contributed by atoms with Gasteiger partial charge in [0.25, 0.3) is 0 Å². The van der Waals surface area contributed by atoms with Crippen LogP contribution in [-0.4, -0.2) is 0 Å². The number of hydrogen-bond donors (Lipinski definition) is 2. The Hall–Kier alpha value is -4.28. The molecular weight excluding hydrogens is 520 g/mol. The zero-order valence-electron chi connectivity index (χ0n) is 19.8. The van der Waals surface area contributed by atoms with Crippen LogP contribution in [0, 0.1) is 0 Å². The zero-order chi connectivity index (χ0) is 24.9. The second kappa shape index (κ2) is 7.15. The molecule has 4 N–H and O–H groups in total. The summed E-state index contributed by atoms with van der Waals surface area (Å²) in [5.74, 6) is 1.72. The Kier molecular flexibility index (Phi) is 4.03. The summed E-state index contributed by atoms with van der Waals surface area (Å²) in [5.41, 5.74) is 20.9. The van der Waals surface area contributed by atoms with Gasteiger partial charge in [-0.2, -0.15) is 0 Å². The van der Waals surface area contributed by atoms with Gasteiger partial charge in [0.05, 0.1) is 5.41 Å². The molecule has 0 amide bonds. The van der Waals surface area contributed by atoms with Gasteiger partial charge in [0, 0.05) is 43.1 Å². The van der Waals surface area contributed by atoms with E-state index in [-0.39, 0.29) is 0 Å². The highest BCUT2D eigenvalue weighted by Crippen LogP contribution is 2.64. The standard InChI is InChI=1S/C33H21BrN2O/c34-19-10-12-22-23-13-11-20(35)16-28(23)33(27(22)15-19)26-14-9-18-5-1-2-6-21(18)31(26)37-32-25-8-4-3-7-24(25)30(36)17-29(32)33/h1-17H,35-36H2. The summed E-state index contributed by atoms with van der Waals surface area (Å²) in [7, 11) is 0. The molecule has 0 saturated carbocycles. The highest BCUT2D eigenvalue weighted by Gasteiger charge is 2.52. The number of hydrogen-bond acceptors (Lipinski definition) is 3. The average molecular weight is 541 g/mol. The Bertz CT molecular complexity index is 1910. The van der Waals surface area contributed by atoms with Crippen molar-refractivity contribution in [3.63, 3.8) is 0 Å². The van der Waals surface area contributed by atoms with Crippen LogP contribution in [0.1, 0.15) is 22.3 Å². The third kappa shape index (κ3) is 2.55. The lowest BCUT2D eigenvalue weighted by Gasteiger charge is -2.40. The molecule has 176 valence electrons. The number of nitrogen functional groups attached to an aromatic ring is 2. The van der Waals surface area contributed by atoms with Crippen LogP contribution in [0.4, 0.5) is 11.4 Å². The molecular formula is C33H21BrN2O. The first-order valence-electron chi connectivity index (χ1n) is 12.3. The van der Waals surface area contributed by atoms with Gasteiger partial charge in [-0.3, -0.25) is 0 Å². The summed E-state index contributed by atoms with van der Waals surface area (Å²) in [6.45, 7) is 0. The van der Waals surface area contributed by atoms with Gasteiger partial charge in [0.15, 0.2) is 0 Å². The van der Waals surface area contributed by atoms with Crippen molar-refractivity contribution < 1.29 is 4.74 Å². The van der Waals surface area contributed by atoms with Crippen molar-refractivity contribution in [2.75, 3.05) is 11.5 Å². The van der Waals surface area contributed by atoms with Crippen LogP contribution in [0.15, 0.2) is 108 Å². The molecule has 0 bridgehead atoms. The van der Waals surface area contributed by atoms with E-state index >= 15 is 0 Å². The number of benzene rings is 6. The Morgan fingerprint density at radius 1 is 0.568 bits per heavy atom. The van der Waals surface area contributed by atoms with E-state index in [1.165, 1.54) is 16.7 Å². The molecule has 1 spiro atoms. The van der Waals surface area contributed by atoms with E-state index in [0.717, 1.165) is 65.6 Å². The first-order valence-corrected chi connectivity index (χ1v) is 13.1. The summed E-state index contributed by atoms with van der Waals surface area (Å²) in [4.78, 5) is 0. The molecule has 1 atom stereocenters. The minimum absolute atomic E-state index is 0.644. The lowest BCUT2D eigenvalue weighted by Crippen LogP contribution is -2.32. The molecule has 3 nitrogen and oxygen atoms in total. The normalized spacial score (nSPS) is 16.8.